The fraction of sp³-hybridized carbons (Fsp3) is 0.500. The quantitative estimate of drug-likeness (QED) is 0.0644. The standard InChI is InChI=1S/C34H44N7O11PS/c1-6-23(7-2)15-48-33(46)22(3)39-53(47,52-24-11-9-8-10-12-24)49-16-26-30(50-29(44)18-54-17-28(42)43)31(45)34(19-35,51-26)27-14-13-25-32(37-21-40(4)5)36-20-38-41(25)27/h8-14,20-23,26,30-31,45H,6-7,15-18H2,1-5H3,(H,39,47)(H,42,43)/b37-21-/t22-,26+,30+,31+,34-,53-/m0/s1. The molecule has 3 N–H and O–H groups in total. The lowest BCUT2D eigenvalue weighted by atomic mass is 9.92. The molecular weight excluding hydrogens is 745 g/mol. The second kappa shape index (κ2) is 19.1. The van der Waals surface area contributed by atoms with Crippen LogP contribution in [0.25, 0.3) is 5.52 Å². The molecule has 3 heterocycles. The SMILES string of the molecule is CCC(CC)COC(=O)[C@H](C)N[P@](=O)(OC[C@H]1O[C@@](C#N)(c2ccc3c(/N=C\N(C)C)ncnn23)[C@H](O)[C@@H]1OC(=O)CSCC(=O)O)Oc1ccccc1. The van der Waals surface area contributed by atoms with E-state index in [9.17, 15) is 29.3 Å². The summed E-state index contributed by atoms with van der Waals surface area (Å²) in [5.41, 5.74) is -1.87. The summed E-state index contributed by atoms with van der Waals surface area (Å²) in [5.74, 6) is -3.10. The summed E-state index contributed by atoms with van der Waals surface area (Å²) in [7, 11) is -0.962. The van der Waals surface area contributed by atoms with Crippen molar-refractivity contribution in [2.75, 3.05) is 38.8 Å². The number of hydrogen-bond acceptors (Lipinski definition) is 15. The van der Waals surface area contributed by atoms with Crippen LogP contribution in [0.2, 0.25) is 0 Å². The van der Waals surface area contributed by atoms with E-state index in [-0.39, 0.29) is 29.8 Å². The van der Waals surface area contributed by atoms with Crippen LogP contribution in [0.15, 0.2) is 53.8 Å². The average molecular weight is 790 g/mol. The van der Waals surface area contributed by atoms with E-state index in [0.29, 0.717) is 5.52 Å². The Morgan fingerprint density at radius 1 is 1.20 bits per heavy atom. The highest BCUT2D eigenvalue weighted by Crippen LogP contribution is 2.48. The van der Waals surface area contributed by atoms with Gasteiger partial charge >= 0.3 is 25.7 Å². The number of aliphatic hydroxyl groups excluding tert-OH is 1. The maximum atomic E-state index is 14.4. The van der Waals surface area contributed by atoms with Gasteiger partial charge in [0, 0.05) is 14.1 Å². The summed E-state index contributed by atoms with van der Waals surface area (Å²) in [5, 5.41) is 38.3. The fourth-order valence-corrected chi connectivity index (χ4v) is 7.35. The lowest BCUT2D eigenvalue weighted by Crippen LogP contribution is -2.43. The first-order valence-corrected chi connectivity index (χ1v) is 19.7. The first kappa shape index (κ1) is 42.2. The number of benzene rings is 1. The summed E-state index contributed by atoms with van der Waals surface area (Å²) >= 11 is 0.756. The van der Waals surface area contributed by atoms with Crippen molar-refractivity contribution in [3.05, 3.63) is 54.5 Å². The number of nitriles is 1. The van der Waals surface area contributed by atoms with Gasteiger partial charge in [-0.1, -0.05) is 44.9 Å². The molecule has 3 aromatic rings. The summed E-state index contributed by atoms with van der Waals surface area (Å²) in [4.78, 5) is 47.1. The van der Waals surface area contributed by atoms with Crippen molar-refractivity contribution in [3.63, 3.8) is 0 Å². The molecule has 0 bridgehead atoms. The molecule has 54 heavy (non-hydrogen) atoms. The smallest absolute Gasteiger partial charge is 0.459 e. The molecule has 0 radical (unpaired) electrons. The zero-order chi connectivity index (χ0) is 39.5. The van der Waals surface area contributed by atoms with Crippen LogP contribution in [0.4, 0.5) is 5.82 Å². The normalized spacial score (nSPS) is 21.4. The highest BCUT2D eigenvalue weighted by molar-refractivity contribution is 8.00. The zero-order valence-corrected chi connectivity index (χ0v) is 32.1. The Morgan fingerprint density at radius 2 is 1.93 bits per heavy atom. The molecule has 0 spiro atoms. The number of aromatic nitrogens is 3. The highest BCUT2D eigenvalue weighted by atomic mass is 32.2. The van der Waals surface area contributed by atoms with Gasteiger partial charge in [-0.15, -0.1) is 11.8 Å². The summed E-state index contributed by atoms with van der Waals surface area (Å²) in [6, 6.07) is 11.8. The minimum absolute atomic E-state index is 0.0238. The van der Waals surface area contributed by atoms with E-state index in [1.807, 2.05) is 19.9 Å². The number of rotatable bonds is 20. The third kappa shape index (κ3) is 10.6. The Kier molecular flexibility index (Phi) is 15.0. The van der Waals surface area contributed by atoms with E-state index in [1.165, 1.54) is 42.3 Å². The molecule has 1 aromatic carbocycles. The van der Waals surface area contributed by atoms with Crippen molar-refractivity contribution in [2.45, 2.75) is 63.6 Å². The minimum Gasteiger partial charge on any atom is -0.481 e. The van der Waals surface area contributed by atoms with Crippen LogP contribution in [0.5, 0.6) is 5.75 Å². The van der Waals surface area contributed by atoms with E-state index >= 15 is 0 Å². The number of carbonyl (C=O) groups is 3. The van der Waals surface area contributed by atoms with Crippen molar-refractivity contribution < 1.29 is 52.4 Å². The molecule has 0 amide bonds. The average Bonchev–Trinajstić information content (AvgIpc) is 3.69. The van der Waals surface area contributed by atoms with Crippen LogP contribution in [0.1, 0.15) is 39.3 Å². The molecule has 20 heteroatoms. The fourth-order valence-electron chi connectivity index (χ4n) is 5.34. The zero-order valence-electron chi connectivity index (χ0n) is 30.4. The first-order valence-electron chi connectivity index (χ1n) is 17.0. The summed E-state index contributed by atoms with van der Waals surface area (Å²) in [6.45, 7) is 4.84. The summed E-state index contributed by atoms with van der Waals surface area (Å²) in [6.07, 6.45) is -0.673. The maximum Gasteiger partial charge on any atom is 0.459 e. The van der Waals surface area contributed by atoms with Crippen LogP contribution in [-0.2, 0) is 43.3 Å². The van der Waals surface area contributed by atoms with Crippen molar-refractivity contribution in [1.82, 2.24) is 24.6 Å². The van der Waals surface area contributed by atoms with Crippen LogP contribution >= 0.6 is 19.5 Å². The number of nitrogens with one attached hydrogen (secondary N) is 1. The third-order valence-corrected chi connectivity index (χ3v) is 10.8. The van der Waals surface area contributed by atoms with Crippen molar-refractivity contribution in [3.8, 4) is 11.8 Å². The Hall–Kier alpha value is -4.57. The molecule has 1 aliphatic heterocycles. The summed E-state index contributed by atoms with van der Waals surface area (Å²) < 4.78 is 44.5. The molecule has 0 unspecified atom stereocenters. The van der Waals surface area contributed by atoms with Gasteiger partial charge in [0.05, 0.1) is 36.8 Å². The monoisotopic (exact) mass is 789 g/mol. The molecular formula is C34H44N7O11PS. The number of carboxylic acid groups (broad SMARTS) is 1. The van der Waals surface area contributed by atoms with E-state index in [0.717, 1.165) is 24.6 Å². The van der Waals surface area contributed by atoms with E-state index in [1.54, 1.807) is 43.3 Å². The van der Waals surface area contributed by atoms with Gasteiger partial charge in [0.15, 0.2) is 11.9 Å². The lowest BCUT2D eigenvalue weighted by molar-refractivity contribution is -0.153. The van der Waals surface area contributed by atoms with Crippen molar-refractivity contribution >= 4 is 55.1 Å². The van der Waals surface area contributed by atoms with Gasteiger partial charge in [-0.05, 0) is 37.1 Å². The number of fused-ring (bicyclic) bond motifs is 1. The molecule has 0 saturated carbocycles. The number of esters is 2. The Balaban J connectivity index is 1.67. The van der Waals surface area contributed by atoms with Crippen LogP contribution in [-0.4, -0.2) is 117 Å². The number of carboxylic acids is 1. The van der Waals surface area contributed by atoms with Gasteiger partial charge < -0.3 is 33.8 Å². The van der Waals surface area contributed by atoms with Crippen molar-refractivity contribution in [2.24, 2.45) is 10.9 Å². The van der Waals surface area contributed by atoms with E-state index in [4.69, 9.17) is 28.4 Å². The second-order valence-electron chi connectivity index (χ2n) is 12.5. The molecule has 292 valence electrons. The van der Waals surface area contributed by atoms with Crippen molar-refractivity contribution in [1.29, 1.82) is 5.26 Å². The van der Waals surface area contributed by atoms with Crippen LogP contribution in [0.3, 0.4) is 0 Å². The number of aliphatic carboxylic acids is 1. The predicted molar refractivity (Wildman–Crippen MR) is 196 cm³/mol. The van der Waals surface area contributed by atoms with Gasteiger partial charge in [0.2, 0.25) is 5.60 Å². The molecule has 1 aliphatic rings. The number of aliphatic hydroxyl groups is 1. The number of para-hydroxylation sites is 1. The van der Waals surface area contributed by atoms with Gasteiger partial charge in [-0.3, -0.25) is 18.9 Å². The number of thioether (sulfide) groups is 1. The third-order valence-electron chi connectivity index (χ3n) is 8.23. The Labute approximate surface area is 316 Å². The molecule has 4 rings (SSSR count). The van der Waals surface area contributed by atoms with Gasteiger partial charge in [0.25, 0.3) is 0 Å². The topological polar surface area (TPSA) is 236 Å². The molecule has 1 fully saturated rings. The molecule has 1 saturated heterocycles. The number of aliphatic imine (C=N–C) groups is 1. The Morgan fingerprint density at radius 3 is 2.57 bits per heavy atom. The highest BCUT2D eigenvalue weighted by Gasteiger charge is 2.60. The Bertz CT molecular complexity index is 1870. The van der Waals surface area contributed by atoms with Gasteiger partial charge in [0.1, 0.15) is 41.9 Å². The number of ether oxygens (including phenoxy) is 3. The van der Waals surface area contributed by atoms with Gasteiger partial charge in [-0.25, -0.2) is 19.1 Å². The lowest BCUT2D eigenvalue weighted by Gasteiger charge is -2.26. The van der Waals surface area contributed by atoms with Crippen LogP contribution in [0, 0.1) is 17.2 Å². The minimum atomic E-state index is -4.50. The van der Waals surface area contributed by atoms with E-state index in [2.05, 4.69) is 20.2 Å². The number of hydrogen-bond donors (Lipinski definition) is 3. The number of nitrogens with zero attached hydrogens (tertiary/aromatic N) is 6. The maximum absolute atomic E-state index is 14.4. The van der Waals surface area contributed by atoms with E-state index < -0.39 is 73.7 Å². The van der Waals surface area contributed by atoms with Gasteiger partial charge in [-0.2, -0.15) is 15.4 Å². The molecule has 6 atom stereocenters. The number of carbonyl (C=O) groups excluding carboxylic acids is 2. The molecule has 2 aromatic heterocycles. The predicted octanol–water partition coefficient (Wildman–Crippen LogP) is 3.32. The molecule has 18 nitrogen and oxygen atoms in total. The largest absolute Gasteiger partial charge is 0.481 e. The molecule has 0 aliphatic carbocycles. The first-order chi connectivity index (χ1) is 25.8. The van der Waals surface area contributed by atoms with Crippen LogP contribution < -0.4 is 9.61 Å². The second-order valence-corrected chi connectivity index (χ2v) is 15.1.